The van der Waals surface area contributed by atoms with Gasteiger partial charge in [0.15, 0.2) is 5.01 Å². The first kappa shape index (κ1) is 8.36. The minimum absolute atomic E-state index is 0.0579. The summed E-state index contributed by atoms with van der Waals surface area (Å²) in [5.74, 6) is 0.0579. The van der Waals surface area contributed by atoms with E-state index >= 15 is 0 Å². The first-order valence-electron chi connectivity index (χ1n) is 3.36. The zero-order valence-corrected chi connectivity index (χ0v) is 7.31. The number of rotatable bonds is 3. The van der Waals surface area contributed by atoms with Crippen molar-refractivity contribution in [2.24, 2.45) is 0 Å². The van der Waals surface area contributed by atoms with Crippen molar-refractivity contribution in [3.05, 3.63) is 16.6 Å². The topological polar surface area (TPSA) is 42.0 Å². The molecule has 0 bridgehead atoms. The monoisotopic (exact) mass is 170 g/mol. The molecule has 0 aliphatic rings. The van der Waals surface area contributed by atoms with Crippen LogP contribution in [0.1, 0.15) is 16.7 Å². The molecule has 1 heterocycles. The van der Waals surface area contributed by atoms with Crippen LogP contribution in [0.3, 0.4) is 0 Å². The quantitative estimate of drug-likeness (QED) is 0.686. The molecule has 0 radical (unpaired) electrons. The molecule has 0 fully saturated rings. The van der Waals surface area contributed by atoms with E-state index in [9.17, 15) is 4.79 Å². The van der Waals surface area contributed by atoms with E-state index < -0.39 is 0 Å². The summed E-state index contributed by atoms with van der Waals surface area (Å²) >= 11 is 1.37. The summed E-state index contributed by atoms with van der Waals surface area (Å²) in [4.78, 5) is 15.2. The predicted molar refractivity (Wildman–Crippen MR) is 45.0 cm³/mol. The molecule has 1 atom stereocenters. The van der Waals surface area contributed by atoms with Crippen LogP contribution < -0.4 is 5.32 Å². The molecule has 1 N–H and O–H groups in total. The number of carbonyl (C=O) groups excluding carboxylic acids is 1. The number of carbonyl (C=O) groups is 1. The van der Waals surface area contributed by atoms with E-state index in [0.717, 1.165) is 0 Å². The minimum atomic E-state index is -0.138. The molecule has 1 aromatic rings. The Morgan fingerprint density at radius 1 is 1.82 bits per heavy atom. The molecule has 0 saturated heterocycles. The third-order valence-corrected chi connectivity index (χ3v) is 2.26. The lowest BCUT2D eigenvalue weighted by atomic mass is 10.2. The van der Waals surface area contributed by atoms with Crippen molar-refractivity contribution in [2.75, 3.05) is 7.05 Å². The van der Waals surface area contributed by atoms with Crippen LogP contribution in [0.15, 0.2) is 11.6 Å². The van der Waals surface area contributed by atoms with Crippen molar-refractivity contribution in [3.63, 3.8) is 0 Å². The number of nitrogens with zero attached hydrogens (tertiary/aromatic N) is 1. The molecule has 0 spiro atoms. The fraction of sp³-hybridized carbons (Fsp3) is 0.429. The van der Waals surface area contributed by atoms with Crippen LogP contribution in [-0.2, 0) is 0 Å². The van der Waals surface area contributed by atoms with Gasteiger partial charge in [-0.2, -0.15) is 0 Å². The molecular weight excluding hydrogens is 160 g/mol. The minimum Gasteiger partial charge on any atom is -0.310 e. The largest absolute Gasteiger partial charge is 0.310 e. The number of Topliss-reactive ketones (excluding diaryl/α,β-unsaturated/α-hetero) is 1. The van der Waals surface area contributed by atoms with E-state index in [2.05, 4.69) is 10.3 Å². The van der Waals surface area contributed by atoms with Crippen LogP contribution >= 0.6 is 11.3 Å². The van der Waals surface area contributed by atoms with Crippen LogP contribution in [0.5, 0.6) is 0 Å². The smallest absolute Gasteiger partial charge is 0.207 e. The SMILES string of the molecule is CNC(C)C(=O)c1nccs1. The second-order valence-corrected chi connectivity index (χ2v) is 3.11. The second kappa shape index (κ2) is 3.59. The van der Waals surface area contributed by atoms with Gasteiger partial charge in [-0.15, -0.1) is 11.3 Å². The van der Waals surface area contributed by atoms with Crippen LogP contribution in [0.4, 0.5) is 0 Å². The van der Waals surface area contributed by atoms with Gasteiger partial charge in [0, 0.05) is 11.6 Å². The Kier molecular flexibility index (Phi) is 2.73. The van der Waals surface area contributed by atoms with Crippen LogP contribution in [-0.4, -0.2) is 23.9 Å². The van der Waals surface area contributed by atoms with Gasteiger partial charge >= 0.3 is 0 Å². The normalized spacial score (nSPS) is 12.9. The number of hydrogen-bond donors (Lipinski definition) is 1. The molecule has 0 aliphatic heterocycles. The standard InChI is InChI=1S/C7H10N2OS/c1-5(8-2)6(10)7-9-3-4-11-7/h3-5,8H,1-2H3. The Bertz CT molecular complexity index is 233. The summed E-state index contributed by atoms with van der Waals surface area (Å²) in [6.45, 7) is 1.82. The molecule has 4 heteroatoms. The zero-order valence-electron chi connectivity index (χ0n) is 6.50. The average Bonchev–Trinajstić information content (AvgIpc) is 2.53. The number of aromatic nitrogens is 1. The molecule has 1 rings (SSSR count). The average molecular weight is 170 g/mol. The van der Waals surface area contributed by atoms with Gasteiger partial charge in [-0.1, -0.05) is 0 Å². The highest BCUT2D eigenvalue weighted by atomic mass is 32.1. The van der Waals surface area contributed by atoms with E-state index in [1.165, 1.54) is 11.3 Å². The molecule has 1 aromatic heterocycles. The van der Waals surface area contributed by atoms with Gasteiger partial charge in [0.05, 0.1) is 6.04 Å². The van der Waals surface area contributed by atoms with E-state index in [-0.39, 0.29) is 11.8 Å². The van der Waals surface area contributed by atoms with Gasteiger partial charge < -0.3 is 5.32 Å². The highest BCUT2D eigenvalue weighted by Crippen LogP contribution is 2.06. The lowest BCUT2D eigenvalue weighted by Gasteiger charge is -2.04. The summed E-state index contributed by atoms with van der Waals surface area (Å²) < 4.78 is 0. The van der Waals surface area contributed by atoms with Crippen molar-refractivity contribution in [3.8, 4) is 0 Å². The highest BCUT2D eigenvalue weighted by molar-refractivity contribution is 7.11. The predicted octanol–water partition coefficient (Wildman–Crippen LogP) is 0.934. The molecule has 11 heavy (non-hydrogen) atoms. The van der Waals surface area contributed by atoms with Crippen molar-refractivity contribution in [1.29, 1.82) is 0 Å². The van der Waals surface area contributed by atoms with E-state index in [1.807, 2.05) is 6.92 Å². The first-order valence-corrected chi connectivity index (χ1v) is 4.24. The summed E-state index contributed by atoms with van der Waals surface area (Å²) in [7, 11) is 1.76. The van der Waals surface area contributed by atoms with Crippen molar-refractivity contribution >= 4 is 17.1 Å². The lowest BCUT2D eigenvalue weighted by Crippen LogP contribution is -2.30. The Morgan fingerprint density at radius 2 is 2.55 bits per heavy atom. The van der Waals surface area contributed by atoms with Gasteiger partial charge in [0.1, 0.15) is 0 Å². The fourth-order valence-corrected chi connectivity index (χ4v) is 1.33. The Balaban J connectivity index is 2.70. The summed E-state index contributed by atoms with van der Waals surface area (Å²) in [6.07, 6.45) is 1.64. The van der Waals surface area contributed by atoms with Gasteiger partial charge in [0.2, 0.25) is 5.78 Å². The Morgan fingerprint density at radius 3 is 3.00 bits per heavy atom. The van der Waals surface area contributed by atoms with Gasteiger partial charge in [-0.3, -0.25) is 4.79 Å². The molecule has 60 valence electrons. The van der Waals surface area contributed by atoms with Crippen LogP contribution in [0.2, 0.25) is 0 Å². The third-order valence-electron chi connectivity index (χ3n) is 1.47. The van der Waals surface area contributed by atoms with Gasteiger partial charge in [-0.25, -0.2) is 4.98 Å². The first-order chi connectivity index (χ1) is 5.25. The van der Waals surface area contributed by atoms with Gasteiger partial charge in [0.25, 0.3) is 0 Å². The molecule has 0 aliphatic carbocycles. The van der Waals surface area contributed by atoms with Crippen LogP contribution in [0, 0.1) is 0 Å². The molecule has 0 aromatic carbocycles. The summed E-state index contributed by atoms with van der Waals surface area (Å²) in [6, 6.07) is -0.138. The third kappa shape index (κ3) is 1.85. The van der Waals surface area contributed by atoms with E-state index in [1.54, 1.807) is 18.6 Å². The fourth-order valence-electron chi connectivity index (χ4n) is 0.661. The van der Waals surface area contributed by atoms with Crippen molar-refractivity contribution < 1.29 is 4.79 Å². The molecule has 0 saturated carbocycles. The maximum Gasteiger partial charge on any atom is 0.207 e. The zero-order chi connectivity index (χ0) is 8.27. The molecule has 0 amide bonds. The van der Waals surface area contributed by atoms with E-state index in [0.29, 0.717) is 5.01 Å². The Hall–Kier alpha value is -0.740. The van der Waals surface area contributed by atoms with E-state index in [4.69, 9.17) is 0 Å². The maximum absolute atomic E-state index is 11.3. The van der Waals surface area contributed by atoms with Crippen molar-refractivity contribution in [1.82, 2.24) is 10.3 Å². The number of likely N-dealkylation sites (N-methyl/N-ethyl adjacent to an activating group) is 1. The second-order valence-electron chi connectivity index (χ2n) is 2.21. The summed E-state index contributed by atoms with van der Waals surface area (Å²) in [5, 5.41) is 5.25. The van der Waals surface area contributed by atoms with Gasteiger partial charge in [-0.05, 0) is 14.0 Å². The lowest BCUT2D eigenvalue weighted by molar-refractivity contribution is 0.0954. The Labute approximate surface area is 69.5 Å². The number of hydrogen-bond acceptors (Lipinski definition) is 4. The molecule has 1 unspecified atom stereocenters. The van der Waals surface area contributed by atoms with Crippen molar-refractivity contribution in [2.45, 2.75) is 13.0 Å². The molecule has 3 nitrogen and oxygen atoms in total. The van der Waals surface area contributed by atoms with Crippen LogP contribution in [0.25, 0.3) is 0 Å². The summed E-state index contributed by atoms with van der Waals surface area (Å²) in [5.41, 5.74) is 0. The number of nitrogens with one attached hydrogen (secondary N) is 1. The maximum atomic E-state index is 11.3. The highest BCUT2D eigenvalue weighted by Gasteiger charge is 2.14. The molecular formula is C7H10N2OS. The number of thiazole rings is 1. The number of ketones is 1.